The molecule has 2 heterocycles. The van der Waals surface area contributed by atoms with Crippen LogP contribution >= 0.6 is 0 Å². The van der Waals surface area contributed by atoms with Crippen LogP contribution in [-0.4, -0.2) is 28.6 Å². The van der Waals surface area contributed by atoms with Crippen LogP contribution in [-0.2, 0) is 17.8 Å². The van der Waals surface area contributed by atoms with Gasteiger partial charge in [-0.05, 0) is 24.5 Å². The number of ether oxygens (including phenoxy) is 1. The van der Waals surface area contributed by atoms with Crippen molar-refractivity contribution in [3.05, 3.63) is 48.5 Å². The van der Waals surface area contributed by atoms with Gasteiger partial charge in [0.1, 0.15) is 12.4 Å². The SMILES string of the molecule is O=C(NCCCn1ccnc1)[C@H]1COc2ccccc2C1. The third kappa shape index (κ3) is 3.42. The maximum Gasteiger partial charge on any atom is 0.226 e. The fourth-order valence-electron chi connectivity index (χ4n) is 2.53. The van der Waals surface area contributed by atoms with Crippen LogP contribution in [0.3, 0.4) is 0 Å². The number of carbonyl (C=O) groups is 1. The number of nitrogens with one attached hydrogen (secondary N) is 1. The second kappa shape index (κ2) is 6.43. The summed E-state index contributed by atoms with van der Waals surface area (Å²) in [7, 11) is 0. The monoisotopic (exact) mass is 285 g/mol. The number of fused-ring (bicyclic) bond motifs is 1. The molecule has 21 heavy (non-hydrogen) atoms. The van der Waals surface area contributed by atoms with E-state index in [9.17, 15) is 4.79 Å². The second-order valence-corrected chi connectivity index (χ2v) is 5.26. The van der Waals surface area contributed by atoms with E-state index in [-0.39, 0.29) is 11.8 Å². The number of para-hydroxylation sites is 1. The summed E-state index contributed by atoms with van der Waals surface area (Å²) in [5, 5.41) is 2.99. The molecule has 0 radical (unpaired) electrons. The quantitative estimate of drug-likeness (QED) is 0.850. The molecule has 0 fully saturated rings. The number of amides is 1. The van der Waals surface area contributed by atoms with Crippen molar-refractivity contribution in [3.63, 3.8) is 0 Å². The van der Waals surface area contributed by atoms with Gasteiger partial charge in [0.15, 0.2) is 0 Å². The van der Waals surface area contributed by atoms with Crippen molar-refractivity contribution in [2.75, 3.05) is 13.2 Å². The first-order valence-electron chi connectivity index (χ1n) is 7.27. The van der Waals surface area contributed by atoms with Crippen LogP contribution in [0.25, 0.3) is 0 Å². The number of hydrogen-bond acceptors (Lipinski definition) is 3. The predicted octanol–water partition coefficient (Wildman–Crippen LogP) is 1.64. The van der Waals surface area contributed by atoms with Gasteiger partial charge in [0.2, 0.25) is 5.91 Å². The highest BCUT2D eigenvalue weighted by molar-refractivity contribution is 5.79. The molecule has 1 amide bonds. The molecular weight excluding hydrogens is 266 g/mol. The summed E-state index contributed by atoms with van der Waals surface area (Å²) >= 11 is 0. The summed E-state index contributed by atoms with van der Waals surface area (Å²) in [6, 6.07) is 7.91. The Bertz CT molecular complexity index is 595. The van der Waals surface area contributed by atoms with E-state index in [1.54, 1.807) is 12.5 Å². The molecule has 5 heteroatoms. The lowest BCUT2D eigenvalue weighted by Crippen LogP contribution is -2.37. The van der Waals surface area contributed by atoms with Crippen LogP contribution in [0.4, 0.5) is 0 Å². The maximum absolute atomic E-state index is 12.2. The first-order valence-corrected chi connectivity index (χ1v) is 7.27. The molecule has 1 aliphatic heterocycles. The molecule has 110 valence electrons. The van der Waals surface area contributed by atoms with E-state index in [4.69, 9.17) is 4.74 Å². The average molecular weight is 285 g/mol. The van der Waals surface area contributed by atoms with Crippen molar-refractivity contribution in [1.82, 2.24) is 14.9 Å². The van der Waals surface area contributed by atoms with Gasteiger partial charge in [0.05, 0.1) is 12.2 Å². The molecule has 1 aromatic heterocycles. The molecule has 0 saturated carbocycles. The van der Waals surface area contributed by atoms with Crippen molar-refractivity contribution < 1.29 is 9.53 Å². The number of benzene rings is 1. The zero-order valence-electron chi connectivity index (χ0n) is 11.9. The normalized spacial score (nSPS) is 16.9. The van der Waals surface area contributed by atoms with Crippen LogP contribution in [0.5, 0.6) is 5.75 Å². The number of nitrogens with zero attached hydrogens (tertiary/aromatic N) is 2. The number of imidazole rings is 1. The molecule has 2 aromatic rings. The van der Waals surface area contributed by atoms with Gasteiger partial charge in [0, 0.05) is 25.5 Å². The Kier molecular flexibility index (Phi) is 4.19. The summed E-state index contributed by atoms with van der Waals surface area (Å²) in [5.41, 5.74) is 1.11. The molecule has 0 saturated heterocycles. The van der Waals surface area contributed by atoms with E-state index in [1.807, 2.05) is 35.0 Å². The van der Waals surface area contributed by atoms with Crippen LogP contribution in [0.2, 0.25) is 0 Å². The van der Waals surface area contributed by atoms with E-state index in [0.717, 1.165) is 30.7 Å². The number of aromatic nitrogens is 2. The highest BCUT2D eigenvalue weighted by Gasteiger charge is 2.25. The molecule has 0 aliphatic carbocycles. The Balaban J connectivity index is 1.44. The largest absolute Gasteiger partial charge is 0.492 e. The zero-order valence-corrected chi connectivity index (χ0v) is 11.9. The van der Waals surface area contributed by atoms with Crippen LogP contribution in [0, 0.1) is 5.92 Å². The number of aryl methyl sites for hydroxylation is 1. The summed E-state index contributed by atoms with van der Waals surface area (Å²) in [6.07, 6.45) is 7.12. The molecule has 0 unspecified atom stereocenters. The molecule has 0 spiro atoms. The Morgan fingerprint density at radius 1 is 1.43 bits per heavy atom. The average Bonchev–Trinajstić information content (AvgIpc) is 3.04. The lowest BCUT2D eigenvalue weighted by Gasteiger charge is -2.24. The standard InChI is InChI=1S/C16H19N3O2/c20-16(18-6-3-8-19-9-7-17-12-19)14-10-13-4-1-2-5-15(13)21-11-14/h1-2,4-5,7,9,12,14H,3,6,8,10-11H2,(H,18,20)/t14-/m1/s1. The topological polar surface area (TPSA) is 56.2 Å². The minimum Gasteiger partial charge on any atom is -0.492 e. The van der Waals surface area contributed by atoms with Gasteiger partial charge in [-0.1, -0.05) is 18.2 Å². The fraction of sp³-hybridized carbons (Fsp3) is 0.375. The third-order valence-electron chi connectivity index (χ3n) is 3.70. The first-order chi connectivity index (χ1) is 10.3. The Morgan fingerprint density at radius 3 is 3.19 bits per heavy atom. The molecule has 1 aliphatic rings. The van der Waals surface area contributed by atoms with E-state index in [2.05, 4.69) is 10.3 Å². The van der Waals surface area contributed by atoms with E-state index >= 15 is 0 Å². The highest BCUT2D eigenvalue weighted by Crippen LogP contribution is 2.26. The van der Waals surface area contributed by atoms with Crippen LogP contribution in [0.1, 0.15) is 12.0 Å². The van der Waals surface area contributed by atoms with Gasteiger partial charge in [-0.2, -0.15) is 0 Å². The summed E-state index contributed by atoms with van der Waals surface area (Å²) in [6.45, 7) is 2.00. The van der Waals surface area contributed by atoms with Gasteiger partial charge in [0.25, 0.3) is 0 Å². The van der Waals surface area contributed by atoms with Gasteiger partial charge in [-0.25, -0.2) is 4.98 Å². The van der Waals surface area contributed by atoms with Crippen molar-refractivity contribution >= 4 is 5.91 Å². The van der Waals surface area contributed by atoms with E-state index in [1.165, 1.54) is 0 Å². The highest BCUT2D eigenvalue weighted by atomic mass is 16.5. The fourth-order valence-corrected chi connectivity index (χ4v) is 2.53. The van der Waals surface area contributed by atoms with Crippen molar-refractivity contribution in [1.29, 1.82) is 0 Å². The van der Waals surface area contributed by atoms with Gasteiger partial charge in [-0.15, -0.1) is 0 Å². The summed E-state index contributed by atoms with van der Waals surface area (Å²) < 4.78 is 7.66. The van der Waals surface area contributed by atoms with Gasteiger partial charge >= 0.3 is 0 Å². The molecule has 1 N–H and O–H groups in total. The molecule has 1 aromatic carbocycles. The lowest BCUT2D eigenvalue weighted by molar-refractivity contribution is -0.126. The zero-order chi connectivity index (χ0) is 14.5. The van der Waals surface area contributed by atoms with E-state index in [0.29, 0.717) is 13.2 Å². The maximum atomic E-state index is 12.2. The Morgan fingerprint density at radius 2 is 2.33 bits per heavy atom. The van der Waals surface area contributed by atoms with E-state index < -0.39 is 0 Å². The summed E-state index contributed by atoms with van der Waals surface area (Å²) in [5.74, 6) is 0.893. The molecule has 1 atom stereocenters. The van der Waals surface area contributed by atoms with Crippen molar-refractivity contribution in [2.24, 2.45) is 5.92 Å². The molecule has 5 nitrogen and oxygen atoms in total. The summed E-state index contributed by atoms with van der Waals surface area (Å²) in [4.78, 5) is 16.1. The van der Waals surface area contributed by atoms with Crippen molar-refractivity contribution in [3.8, 4) is 5.75 Å². The van der Waals surface area contributed by atoms with Crippen molar-refractivity contribution in [2.45, 2.75) is 19.4 Å². The lowest BCUT2D eigenvalue weighted by atomic mass is 9.96. The number of hydrogen-bond donors (Lipinski definition) is 1. The third-order valence-corrected chi connectivity index (χ3v) is 3.70. The minimum absolute atomic E-state index is 0.0788. The van der Waals surface area contributed by atoms with Gasteiger partial charge in [-0.3, -0.25) is 4.79 Å². The van der Waals surface area contributed by atoms with Gasteiger partial charge < -0.3 is 14.6 Å². The Labute approximate surface area is 124 Å². The number of carbonyl (C=O) groups excluding carboxylic acids is 1. The van der Waals surface area contributed by atoms with Crippen LogP contribution < -0.4 is 10.1 Å². The minimum atomic E-state index is -0.0897. The second-order valence-electron chi connectivity index (χ2n) is 5.26. The Hall–Kier alpha value is -2.30. The smallest absolute Gasteiger partial charge is 0.226 e. The first kappa shape index (κ1) is 13.7. The molecular formula is C16H19N3O2. The molecule has 3 rings (SSSR count). The number of rotatable bonds is 5. The van der Waals surface area contributed by atoms with Crippen LogP contribution in [0.15, 0.2) is 43.0 Å². The predicted molar refractivity (Wildman–Crippen MR) is 79.0 cm³/mol. The molecule has 0 bridgehead atoms.